The fourth-order valence-corrected chi connectivity index (χ4v) is 1.40. The summed E-state index contributed by atoms with van der Waals surface area (Å²) in [6.45, 7) is 0. The van der Waals surface area contributed by atoms with Gasteiger partial charge in [-0.15, -0.1) is 0 Å². The maximum atomic E-state index is 12.5. The molecule has 0 amide bonds. The number of nitrogens with zero attached hydrogens (tertiary/aromatic N) is 1. The van der Waals surface area contributed by atoms with Gasteiger partial charge < -0.3 is 5.11 Å². The monoisotopic (exact) mass is 275 g/mol. The fourth-order valence-electron chi connectivity index (χ4n) is 1.17. The topological polar surface area (TPSA) is 50.2 Å². The number of hydrogen-bond donors (Lipinski definition) is 1. The molecule has 0 aliphatic rings. The van der Waals surface area contributed by atoms with Crippen LogP contribution in [0.3, 0.4) is 0 Å². The van der Waals surface area contributed by atoms with Gasteiger partial charge in [0.05, 0.1) is 16.7 Å². The molecule has 0 aliphatic heterocycles. The molecule has 1 aromatic rings. The van der Waals surface area contributed by atoms with Crippen molar-refractivity contribution in [3.8, 4) is 0 Å². The van der Waals surface area contributed by atoms with E-state index >= 15 is 0 Å². The number of carboxylic acids is 1. The van der Waals surface area contributed by atoms with Crippen LogP contribution in [0.5, 0.6) is 0 Å². The Labute approximate surface area is 95.8 Å². The van der Waals surface area contributed by atoms with Gasteiger partial charge in [-0.2, -0.15) is 13.2 Å². The van der Waals surface area contributed by atoms with Crippen molar-refractivity contribution in [3.63, 3.8) is 0 Å². The van der Waals surface area contributed by atoms with E-state index in [4.69, 9.17) is 16.7 Å². The standard InChI is InChI=1S/C8H3ClF5NO2/c9-5-3(6(10)11)4(8(12,13)14)2(1-15-5)7(16)17/h1,6H,(H,16,17). The van der Waals surface area contributed by atoms with Crippen LogP contribution in [0.2, 0.25) is 5.15 Å². The number of carbonyl (C=O) groups is 1. The summed E-state index contributed by atoms with van der Waals surface area (Å²) in [5.74, 6) is -2.01. The van der Waals surface area contributed by atoms with Crippen LogP contribution in [0.15, 0.2) is 6.20 Å². The lowest BCUT2D eigenvalue weighted by atomic mass is 10.0. The number of pyridine rings is 1. The summed E-state index contributed by atoms with van der Waals surface area (Å²) in [5.41, 5.74) is -4.96. The van der Waals surface area contributed by atoms with E-state index in [0.717, 1.165) is 0 Å². The van der Waals surface area contributed by atoms with Crippen molar-refractivity contribution < 1.29 is 31.9 Å². The van der Waals surface area contributed by atoms with E-state index < -0.39 is 40.4 Å². The molecule has 0 saturated heterocycles. The molecule has 17 heavy (non-hydrogen) atoms. The lowest BCUT2D eigenvalue weighted by Crippen LogP contribution is -2.17. The molecule has 0 fully saturated rings. The van der Waals surface area contributed by atoms with Crippen LogP contribution in [-0.2, 0) is 6.18 Å². The van der Waals surface area contributed by atoms with E-state index in [9.17, 15) is 26.7 Å². The summed E-state index contributed by atoms with van der Waals surface area (Å²) in [6, 6.07) is 0. The van der Waals surface area contributed by atoms with Gasteiger partial charge in [-0.1, -0.05) is 11.6 Å². The van der Waals surface area contributed by atoms with Gasteiger partial charge in [0.25, 0.3) is 6.43 Å². The quantitative estimate of drug-likeness (QED) is 0.665. The summed E-state index contributed by atoms with van der Waals surface area (Å²) in [6.07, 6.45) is -8.54. The first kappa shape index (κ1) is 13.6. The van der Waals surface area contributed by atoms with Crippen molar-refractivity contribution in [1.29, 1.82) is 0 Å². The molecule has 0 bridgehead atoms. The van der Waals surface area contributed by atoms with Crippen LogP contribution in [0, 0.1) is 0 Å². The van der Waals surface area contributed by atoms with Gasteiger partial charge in [0, 0.05) is 6.20 Å². The van der Waals surface area contributed by atoms with Gasteiger partial charge in [-0.3, -0.25) is 0 Å². The van der Waals surface area contributed by atoms with E-state index in [-0.39, 0.29) is 0 Å². The fraction of sp³-hybridized carbons (Fsp3) is 0.250. The Bertz CT molecular complexity index is 460. The Kier molecular flexibility index (Phi) is 3.56. The molecule has 3 nitrogen and oxygen atoms in total. The molecule has 0 unspecified atom stereocenters. The zero-order valence-electron chi connectivity index (χ0n) is 7.73. The first-order chi connectivity index (χ1) is 7.66. The van der Waals surface area contributed by atoms with Crippen molar-refractivity contribution >= 4 is 17.6 Å². The molecule has 1 heterocycles. The largest absolute Gasteiger partial charge is 0.478 e. The number of rotatable bonds is 2. The summed E-state index contributed by atoms with van der Waals surface area (Å²) in [5, 5.41) is 7.43. The van der Waals surface area contributed by atoms with Gasteiger partial charge in [-0.05, 0) is 0 Å². The Morgan fingerprint density at radius 1 is 1.41 bits per heavy atom. The molecule has 0 saturated carbocycles. The Morgan fingerprint density at radius 3 is 2.29 bits per heavy atom. The van der Waals surface area contributed by atoms with Crippen LogP contribution < -0.4 is 0 Å². The molecule has 1 aromatic heterocycles. The molecular formula is C8H3ClF5NO2. The van der Waals surface area contributed by atoms with E-state index in [0.29, 0.717) is 6.20 Å². The molecular weight excluding hydrogens is 273 g/mol. The summed E-state index contributed by atoms with van der Waals surface area (Å²) in [7, 11) is 0. The van der Waals surface area contributed by atoms with Crippen molar-refractivity contribution in [2.45, 2.75) is 12.6 Å². The maximum absolute atomic E-state index is 12.5. The van der Waals surface area contributed by atoms with Crippen LogP contribution in [0.25, 0.3) is 0 Å². The number of carboxylic acid groups (broad SMARTS) is 1. The third-order valence-corrected chi connectivity index (χ3v) is 2.10. The van der Waals surface area contributed by atoms with Crippen molar-refractivity contribution in [3.05, 3.63) is 28.0 Å². The summed E-state index contributed by atoms with van der Waals surface area (Å²) >= 11 is 5.12. The summed E-state index contributed by atoms with van der Waals surface area (Å²) < 4.78 is 62.5. The highest BCUT2D eigenvalue weighted by Gasteiger charge is 2.41. The molecule has 9 heteroatoms. The third-order valence-electron chi connectivity index (χ3n) is 1.80. The average molecular weight is 276 g/mol. The van der Waals surface area contributed by atoms with Gasteiger partial charge >= 0.3 is 12.1 Å². The van der Waals surface area contributed by atoms with Gasteiger partial charge in [0.15, 0.2) is 0 Å². The normalized spacial score (nSPS) is 11.9. The SMILES string of the molecule is O=C(O)c1cnc(Cl)c(C(F)F)c1C(F)(F)F. The highest BCUT2D eigenvalue weighted by molar-refractivity contribution is 6.30. The highest BCUT2D eigenvalue weighted by atomic mass is 35.5. The molecule has 1 N–H and O–H groups in total. The lowest BCUT2D eigenvalue weighted by molar-refractivity contribution is -0.140. The van der Waals surface area contributed by atoms with Gasteiger partial charge in [0.1, 0.15) is 5.15 Å². The second-order valence-corrected chi connectivity index (χ2v) is 3.21. The number of aromatic nitrogens is 1. The number of halogens is 6. The Hall–Kier alpha value is -1.44. The van der Waals surface area contributed by atoms with E-state index in [1.807, 2.05) is 0 Å². The van der Waals surface area contributed by atoms with E-state index in [1.54, 1.807) is 0 Å². The van der Waals surface area contributed by atoms with Crippen LogP contribution in [0.4, 0.5) is 22.0 Å². The zero-order valence-corrected chi connectivity index (χ0v) is 8.48. The lowest BCUT2D eigenvalue weighted by Gasteiger charge is -2.15. The predicted molar refractivity (Wildman–Crippen MR) is 46.2 cm³/mol. The predicted octanol–water partition coefficient (Wildman–Crippen LogP) is 3.39. The zero-order chi connectivity index (χ0) is 13.4. The molecule has 0 atom stereocenters. The minimum absolute atomic E-state index is 0.291. The minimum atomic E-state index is -5.26. The first-order valence-corrected chi connectivity index (χ1v) is 4.31. The van der Waals surface area contributed by atoms with E-state index in [1.165, 1.54) is 0 Å². The number of aromatic carboxylic acids is 1. The Morgan fingerprint density at radius 2 is 1.94 bits per heavy atom. The van der Waals surface area contributed by atoms with Gasteiger partial charge in [-0.25, -0.2) is 18.6 Å². The molecule has 0 aliphatic carbocycles. The van der Waals surface area contributed by atoms with Gasteiger partial charge in [0.2, 0.25) is 0 Å². The average Bonchev–Trinajstić information content (AvgIpc) is 2.14. The first-order valence-electron chi connectivity index (χ1n) is 3.93. The van der Waals surface area contributed by atoms with Crippen molar-refractivity contribution in [2.24, 2.45) is 0 Å². The second-order valence-electron chi connectivity index (χ2n) is 2.85. The minimum Gasteiger partial charge on any atom is -0.478 e. The smallest absolute Gasteiger partial charge is 0.417 e. The molecule has 1 rings (SSSR count). The number of alkyl halides is 5. The molecule has 0 spiro atoms. The molecule has 94 valence electrons. The maximum Gasteiger partial charge on any atom is 0.417 e. The van der Waals surface area contributed by atoms with E-state index in [2.05, 4.69) is 4.98 Å². The highest BCUT2D eigenvalue weighted by Crippen LogP contribution is 2.41. The Balaban J connectivity index is 3.68. The van der Waals surface area contributed by atoms with Crippen LogP contribution in [-0.4, -0.2) is 16.1 Å². The third kappa shape index (κ3) is 2.63. The van der Waals surface area contributed by atoms with Crippen LogP contribution in [0.1, 0.15) is 27.9 Å². The molecule has 0 aromatic carbocycles. The van der Waals surface area contributed by atoms with Crippen LogP contribution >= 0.6 is 11.6 Å². The van der Waals surface area contributed by atoms with Crippen molar-refractivity contribution in [1.82, 2.24) is 4.98 Å². The molecule has 0 radical (unpaired) electrons. The second kappa shape index (κ2) is 4.44. The van der Waals surface area contributed by atoms with Crippen molar-refractivity contribution in [2.75, 3.05) is 0 Å². The number of hydrogen-bond acceptors (Lipinski definition) is 2. The summed E-state index contributed by atoms with van der Waals surface area (Å²) in [4.78, 5) is 13.5.